The number of hydrogen-bond acceptors (Lipinski definition) is 3. The molecule has 1 aromatic rings. The molecule has 0 radical (unpaired) electrons. The number of unbranched alkanes of at least 4 members (excludes halogenated alkanes) is 1. The van der Waals surface area contributed by atoms with Crippen LogP contribution in [0.3, 0.4) is 0 Å². The van der Waals surface area contributed by atoms with Crippen LogP contribution in [0, 0.1) is 0 Å². The topological polar surface area (TPSA) is 35.6 Å². The molecule has 1 heterocycles. The number of carbonyl (C=O) groups excluding carboxylic acids is 1. The lowest BCUT2D eigenvalue weighted by Crippen LogP contribution is -2.44. The van der Waals surface area contributed by atoms with Gasteiger partial charge in [0.05, 0.1) is 10.6 Å². The van der Waals surface area contributed by atoms with Crippen molar-refractivity contribution < 1.29 is 4.79 Å². The third kappa shape index (κ3) is 5.43. The van der Waals surface area contributed by atoms with Crippen LogP contribution in [0.15, 0.2) is 18.2 Å². The molecule has 1 saturated heterocycles. The standard InChI is InChI=1S/C16H23Cl2N3O/c1-20-8-10-21(11-9-20)7-3-2-6-19-16(22)14-5-4-13(17)12-15(14)18/h4-5,12H,2-3,6-11H2,1H3,(H,19,22). The summed E-state index contributed by atoms with van der Waals surface area (Å²) in [6, 6.07) is 4.92. The average Bonchev–Trinajstić information content (AvgIpc) is 2.48. The summed E-state index contributed by atoms with van der Waals surface area (Å²) in [5.74, 6) is -0.138. The number of hydrogen-bond donors (Lipinski definition) is 1. The van der Waals surface area contributed by atoms with Gasteiger partial charge in [-0.05, 0) is 44.6 Å². The number of rotatable bonds is 6. The smallest absolute Gasteiger partial charge is 0.252 e. The summed E-state index contributed by atoms with van der Waals surface area (Å²) >= 11 is 11.8. The highest BCUT2D eigenvalue weighted by Gasteiger charge is 2.13. The van der Waals surface area contributed by atoms with E-state index in [0.29, 0.717) is 22.2 Å². The molecule has 22 heavy (non-hydrogen) atoms. The van der Waals surface area contributed by atoms with E-state index in [2.05, 4.69) is 22.2 Å². The number of halogens is 2. The van der Waals surface area contributed by atoms with Crippen molar-refractivity contribution in [2.45, 2.75) is 12.8 Å². The minimum atomic E-state index is -0.138. The predicted octanol–water partition coefficient (Wildman–Crippen LogP) is 2.75. The number of amides is 1. The highest BCUT2D eigenvalue weighted by molar-refractivity contribution is 6.36. The van der Waals surface area contributed by atoms with E-state index in [9.17, 15) is 4.79 Å². The molecule has 1 amide bonds. The lowest BCUT2D eigenvalue weighted by molar-refractivity contribution is 0.0952. The predicted molar refractivity (Wildman–Crippen MR) is 92.0 cm³/mol. The Morgan fingerprint density at radius 1 is 1.18 bits per heavy atom. The number of benzene rings is 1. The van der Waals surface area contributed by atoms with E-state index in [4.69, 9.17) is 23.2 Å². The molecule has 0 aromatic heterocycles. The van der Waals surface area contributed by atoms with Crippen molar-refractivity contribution in [2.75, 3.05) is 46.3 Å². The van der Waals surface area contributed by atoms with Crippen LogP contribution >= 0.6 is 23.2 Å². The normalized spacial score (nSPS) is 16.7. The highest BCUT2D eigenvalue weighted by atomic mass is 35.5. The summed E-state index contributed by atoms with van der Waals surface area (Å²) in [6.45, 7) is 6.35. The molecule has 6 heteroatoms. The lowest BCUT2D eigenvalue weighted by atomic mass is 10.2. The van der Waals surface area contributed by atoms with Gasteiger partial charge in [-0.25, -0.2) is 0 Å². The maximum Gasteiger partial charge on any atom is 0.252 e. The molecular weight excluding hydrogens is 321 g/mol. The summed E-state index contributed by atoms with van der Waals surface area (Å²) in [7, 11) is 2.16. The van der Waals surface area contributed by atoms with Crippen LogP contribution < -0.4 is 5.32 Å². The van der Waals surface area contributed by atoms with E-state index < -0.39 is 0 Å². The number of piperazine rings is 1. The Balaban J connectivity index is 1.63. The zero-order valence-electron chi connectivity index (χ0n) is 12.9. The first-order valence-corrected chi connectivity index (χ1v) is 8.46. The molecule has 0 saturated carbocycles. The molecule has 0 spiro atoms. The summed E-state index contributed by atoms with van der Waals surface area (Å²) in [5.41, 5.74) is 0.477. The van der Waals surface area contributed by atoms with Gasteiger partial charge in [-0.1, -0.05) is 23.2 Å². The monoisotopic (exact) mass is 343 g/mol. The second-order valence-corrected chi connectivity index (χ2v) is 6.58. The van der Waals surface area contributed by atoms with Crippen molar-refractivity contribution in [1.29, 1.82) is 0 Å². The van der Waals surface area contributed by atoms with Crippen LogP contribution in [0.2, 0.25) is 10.0 Å². The Labute approximate surface area is 142 Å². The fraction of sp³-hybridized carbons (Fsp3) is 0.562. The van der Waals surface area contributed by atoms with Gasteiger partial charge in [-0.3, -0.25) is 4.79 Å². The Morgan fingerprint density at radius 2 is 1.91 bits per heavy atom. The van der Waals surface area contributed by atoms with E-state index in [1.165, 1.54) is 0 Å². The quantitative estimate of drug-likeness (QED) is 0.806. The number of carbonyl (C=O) groups is 1. The third-order valence-electron chi connectivity index (χ3n) is 3.96. The second kappa shape index (κ2) is 8.73. The molecule has 4 nitrogen and oxygen atoms in total. The van der Waals surface area contributed by atoms with Gasteiger partial charge in [-0.15, -0.1) is 0 Å². The minimum Gasteiger partial charge on any atom is -0.352 e. The first kappa shape index (κ1) is 17.5. The van der Waals surface area contributed by atoms with Gasteiger partial charge in [0, 0.05) is 37.7 Å². The Kier molecular flexibility index (Phi) is 6.96. The Hall–Kier alpha value is -0.810. The molecule has 1 aromatic carbocycles. The van der Waals surface area contributed by atoms with Crippen LogP contribution in [-0.4, -0.2) is 62.0 Å². The summed E-state index contributed by atoms with van der Waals surface area (Å²) in [5, 5.41) is 3.84. The molecule has 1 aliphatic rings. The van der Waals surface area contributed by atoms with E-state index >= 15 is 0 Å². The number of nitrogens with zero attached hydrogens (tertiary/aromatic N) is 2. The van der Waals surface area contributed by atoms with Crippen molar-refractivity contribution in [2.24, 2.45) is 0 Å². The van der Waals surface area contributed by atoms with Gasteiger partial charge >= 0.3 is 0 Å². The van der Waals surface area contributed by atoms with Crippen LogP contribution in [0.1, 0.15) is 23.2 Å². The average molecular weight is 344 g/mol. The molecule has 0 atom stereocenters. The third-order valence-corrected chi connectivity index (χ3v) is 4.51. The molecule has 0 aliphatic carbocycles. The molecular formula is C16H23Cl2N3O. The fourth-order valence-electron chi connectivity index (χ4n) is 2.50. The van der Waals surface area contributed by atoms with Gasteiger partial charge in [-0.2, -0.15) is 0 Å². The zero-order valence-corrected chi connectivity index (χ0v) is 14.5. The maximum absolute atomic E-state index is 12.0. The van der Waals surface area contributed by atoms with Crippen LogP contribution in [0.5, 0.6) is 0 Å². The van der Waals surface area contributed by atoms with Gasteiger partial charge in [0.15, 0.2) is 0 Å². The van der Waals surface area contributed by atoms with Crippen molar-refractivity contribution in [3.05, 3.63) is 33.8 Å². The van der Waals surface area contributed by atoms with Crippen molar-refractivity contribution in [1.82, 2.24) is 15.1 Å². The van der Waals surface area contributed by atoms with E-state index in [0.717, 1.165) is 45.6 Å². The van der Waals surface area contributed by atoms with Crippen molar-refractivity contribution in [3.63, 3.8) is 0 Å². The second-order valence-electron chi connectivity index (χ2n) is 5.73. The zero-order chi connectivity index (χ0) is 15.9. The molecule has 1 aliphatic heterocycles. The first-order chi connectivity index (χ1) is 10.6. The Bertz CT molecular complexity index is 502. The van der Waals surface area contributed by atoms with Crippen molar-refractivity contribution in [3.8, 4) is 0 Å². The molecule has 0 unspecified atom stereocenters. The number of likely N-dealkylation sites (N-methyl/N-ethyl adjacent to an activating group) is 1. The largest absolute Gasteiger partial charge is 0.352 e. The minimum absolute atomic E-state index is 0.138. The van der Waals surface area contributed by atoms with Crippen molar-refractivity contribution >= 4 is 29.1 Å². The van der Waals surface area contributed by atoms with Crippen LogP contribution in [0.25, 0.3) is 0 Å². The van der Waals surface area contributed by atoms with E-state index in [-0.39, 0.29) is 5.91 Å². The molecule has 1 fully saturated rings. The van der Waals surface area contributed by atoms with E-state index in [1.54, 1.807) is 18.2 Å². The molecule has 0 bridgehead atoms. The van der Waals surface area contributed by atoms with E-state index in [1.807, 2.05) is 0 Å². The van der Waals surface area contributed by atoms with Crippen LogP contribution in [-0.2, 0) is 0 Å². The van der Waals surface area contributed by atoms with Gasteiger partial charge in [0.1, 0.15) is 0 Å². The Morgan fingerprint density at radius 3 is 2.59 bits per heavy atom. The SMILES string of the molecule is CN1CCN(CCCCNC(=O)c2ccc(Cl)cc2Cl)CC1. The number of nitrogens with one attached hydrogen (secondary N) is 1. The first-order valence-electron chi connectivity index (χ1n) is 7.70. The highest BCUT2D eigenvalue weighted by Crippen LogP contribution is 2.20. The molecule has 2 rings (SSSR count). The van der Waals surface area contributed by atoms with Gasteiger partial charge in [0.25, 0.3) is 5.91 Å². The molecule has 122 valence electrons. The summed E-state index contributed by atoms with van der Waals surface area (Å²) in [6.07, 6.45) is 2.07. The molecule has 1 N–H and O–H groups in total. The summed E-state index contributed by atoms with van der Waals surface area (Å²) < 4.78 is 0. The van der Waals surface area contributed by atoms with Crippen LogP contribution in [0.4, 0.5) is 0 Å². The van der Waals surface area contributed by atoms with Gasteiger partial charge < -0.3 is 15.1 Å². The summed E-state index contributed by atoms with van der Waals surface area (Å²) in [4.78, 5) is 16.9. The fourth-order valence-corrected chi connectivity index (χ4v) is 3.00. The lowest BCUT2D eigenvalue weighted by Gasteiger charge is -2.32. The van der Waals surface area contributed by atoms with Gasteiger partial charge in [0.2, 0.25) is 0 Å². The maximum atomic E-state index is 12.0.